The van der Waals surface area contributed by atoms with Crippen LogP contribution in [-0.4, -0.2) is 33.0 Å². The molecule has 176 valence electrons. The lowest BCUT2D eigenvalue weighted by Gasteiger charge is -2.28. The lowest BCUT2D eigenvalue weighted by molar-refractivity contribution is -0.121. The molecule has 0 saturated heterocycles. The maximum Gasteiger partial charge on any atom is 0.228 e. The van der Waals surface area contributed by atoms with E-state index >= 15 is 0 Å². The highest BCUT2D eigenvalue weighted by atomic mass is 35.5. The average Bonchev–Trinajstić information content (AvgIpc) is 3.12. The summed E-state index contributed by atoms with van der Waals surface area (Å²) in [5.74, 6) is 0.0759. The molecule has 0 unspecified atom stereocenters. The van der Waals surface area contributed by atoms with E-state index in [-0.39, 0.29) is 17.7 Å². The van der Waals surface area contributed by atoms with Gasteiger partial charge in [-0.05, 0) is 55.2 Å². The molecule has 2 N–H and O–H groups in total. The minimum atomic E-state index is -0.405. The highest BCUT2D eigenvalue weighted by Gasteiger charge is 2.27. The molecule has 1 saturated carbocycles. The monoisotopic (exact) mass is 489 g/mol. The molecule has 6 nitrogen and oxygen atoms in total. The number of nitrogens with zero attached hydrogens (tertiary/aromatic N) is 3. The van der Waals surface area contributed by atoms with Gasteiger partial charge in [-0.2, -0.15) is 5.10 Å². The van der Waals surface area contributed by atoms with Gasteiger partial charge in [0.1, 0.15) is 11.3 Å². The summed E-state index contributed by atoms with van der Waals surface area (Å²) in [6, 6.07) is 5.40. The SMILES string of the molecule is CSN[C@@H]1CCC[C@H](C(=O)Nc2cc(-c3cc(F)c4nn(C)c(C(C)C)c4c3)c(Cl)cn2)C1. The van der Waals surface area contributed by atoms with Crippen LogP contribution in [0.15, 0.2) is 24.4 Å². The van der Waals surface area contributed by atoms with E-state index in [9.17, 15) is 9.18 Å². The lowest BCUT2D eigenvalue weighted by atomic mass is 9.85. The van der Waals surface area contributed by atoms with Crippen LogP contribution in [0.4, 0.5) is 10.2 Å². The van der Waals surface area contributed by atoms with Crippen LogP contribution in [0.25, 0.3) is 22.0 Å². The van der Waals surface area contributed by atoms with Crippen molar-refractivity contribution in [1.29, 1.82) is 0 Å². The predicted octanol–water partition coefficient (Wildman–Crippen LogP) is 5.92. The van der Waals surface area contributed by atoms with Gasteiger partial charge in [-0.3, -0.25) is 14.2 Å². The Hall–Kier alpha value is -2.16. The molecule has 1 aromatic carbocycles. The van der Waals surface area contributed by atoms with Crippen molar-refractivity contribution < 1.29 is 9.18 Å². The summed E-state index contributed by atoms with van der Waals surface area (Å²) >= 11 is 8.04. The third kappa shape index (κ3) is 5.03. The molecule has 0 bridgehead atoms. The quantitative estimate of drug-likeness (QED) is 0.421. The molecule has 0 spiro atoms. The number of hydrogen-bond donors (Lipinski definition) is 2. The summed E-state index contributed by atoms with van der Waals surface area (Å²) in [6.45, 7) is 4.11. The van der Waals surface area contributed by atoms with E-state index in [0.29, 0.717) is 33.5 Å². The summed E-state index contributed by atoms with van der Waals surface area (Å²) in [4.78, 5) is 17.2. The normalized spacial score (nSPS) is 18.8. The highest BCUT2D eigenvalue weighted by Crippen LogP contribution is 2.35. The summed E-state index contributed by atoms with van der Waals surface area (Å²) in [5, 5.41) is 8.45. The van der Waals surface area contributed by atoms with Crippen molar-refractivity contribution in [3.63, 3.8) is 0 Å². The summed E-state index contributed by atoms with van der Waals surface area (Å²) in [5.41, 5.74) is 2.54. The van der Waals surface area contributed by atoms with E-state index in [1.165, 1.54) is 12.3 Å². The number of pyridine rings is 1. The molecule has 1 fully saturated rings. The largest absolute Gasteiger partial charge is 0.310 e. The second kappa shape index (κ2) is 9.99. The van der Waals surface area contributed by atoms with Gasteiger partial charge >= 0.3 is 0 Å². The molecule has 9 heteroatoms. The predicted molar refractivity (Wildman–Crippen MR) is 134 cm³/mol. The molecule has 33 heavy (non-hydrogen) atoms. The van der Waals surface area contributed by atoms with Crippen LogP contribution in [0.2, 0.25) is 5.02 Å². The van der Waals surface area contributed by atoms with Crippen molar-refractivity contribution in [3.05, 3.63) is 40.9 Å². The Morgan fingerprint density at radius 3 is 2.82 bits per heavy atom. The third-order valence-corrected chi connectivity index (χ3v) is 7.10. The maximum absolute atomic E-state index is 15.0. The first-order valence-corrected chi connectivity index (χ1v) is 12.8. The van der Waals surface area contributed by atoms with Crippen molar-refractivity contribution in [2.75, 3.05) is 11.6 Å². The Morgan fingerprint density at radius 1 is 1.30 bits per heavy atom. The minimum Gasteiger partial charge on any atom is -0.310 e. The van der Waals surface area contributed by atoms with Gasteiger partial charge in [-0.1, -0.05) is 43.8 Å². The maximum atomic E-state index is 15.0. The van der Waals surface area contributed by atoms with E-state index in [2.05, 4.69) is 34.0 Å². The smallest absolute Gasteiger partial charge is 0.228 e. The lowest BCUT2D eigenvalue weighted by Crippen LogP contribution is -2.35. The van der Waals surface area contributed by atoms with Crippen LogP contribution in [0.3, 0.4) is 0 Å². The number of carbonyl (C=O) groups excluding carboxylic acids is 1. The summed E-state index contributed by atoms with van der Waals surface area (Å²) in [6.07, 6.45) is 7.25. The van der Waals surface area contributed by atoms with Crippen molar-refractivity contribution in [3.8, 4) is 11.1 Å². The molecule has 2 aromatic heterocycles. The molecule has 3 aromatic rings. The molecular formula is C24H29ClFN5OS. The number of amides is 1. The standard InChI is InChI=1S/C24H29ClFN5OS/c1-13(2)23-18-9-15(10-20(26)22(18)29-31(23)3)17-11-21(27-12-19(17)25)28-24(32)14-6-5-7-16(8-14)30-33-4/h9-14,16,30H,5-8H2,1-4H3,(H,27,28,32)/t14-,16+/m0/s1. The second-order valence-electron chi connectivity index (χ2n) is 8.94. The van der Waals surface area contributed by atoms with Gasteiger partial charge in [0, 0.05) is 41.8 Å². The van der Waals surface area contributed by atoms with Gasteiger partial charge in [0.2, 0.25) is 5.91 Å². The van der Waals surface area contributed by atoms with Gasteiger partial charge < -0.3 is 5.32 Å². The summed E-state index contributed by atoms with van der Waals surface area (Å²) < 4.78 is 20.1. The van der Waals surface area contributed by atoms with Crippen LogP contribution in [0.5, 0.6) is 0 Å². The number of nitrogens with one attached hydrogen (secondary N) is 2. The summed E-state index contributed by atoms with van der Waals surface area (Å²) in [7, 11) is 1.83. The topological polar surface area (TPSA) is 71.8 Å². The number of carbonyl (C=O) groups is 1. The van der Waals surface area contributed by atoms with E-state index in [1.807, 2.05) is 19.4 Å². The van der Waals surface area contributed by atoms with Crippen LogP contribution in [0.1, 0.15) is 51.1 Å². The van der Waals surface area contributed by atoms with Crippen LogP contribution in [-0.2, 0) is 11.8 Å². The number of aryl methyl sites for hydroxylation is 1. The second-order valence-corrected chi connectivity index (χ2v) is 9.99. The van der Waals surface area contributed by atoms with E-state index in [0.717, 1.165) is 36.8 Å². The van der Waals surface area contributed by atoms with Crippen molar-refractivity contribution >= 4 is 46.2 Å². The molecule has 4 rings (SSSR count). The van der Waals surface area contributed by atoms with E-state index < -0.39 is 5.82 Å². The molecule has 1 aliphatic carbocycles. The Labute approximate surface area is 202 Å². The zero-order valence-corrected chi connectivity index (χ0v) is 20.9. The Kier molecular flexibility index (Phi) is 7.26. The Morgan fingerprint density at radius 2 is 2.09 bits per heavy atom. The fraction of sp³-hybridized carbons (Fsp3) is 0.458. The molecular weight excluding hydrogens is 461 g/mol. The van der Waals surface area contributed by atoms with Crippen molar-refractivity contribution in [2.45, 2.75) is 51.5 Å². The van der Waals surface area contributed by atoms with Gasteiger partial charge in [0.15, 0.2) is 5.82 Å². The molecule has 2 atom stereocenters. The molecule has 2 heterocycles. The van der Waals surface area contributed by atoms with Gasteiger partial charge in [0.05, 0.1) is 5.02 Å². The number of hydrogen-bond acceptors (Lipinski definition) is 5. The minimum absolute atomic E-state index is 0.0423. The first-order chi connectivity index (χ1) is 15.8. The van der Waals surface area contributed by atoms with Gasteiger partial charge in [0.25, 0.3) is 0 Å². The first-order valence-electron chi connectivity index (χ1n) is 11.2. The van der Waals surface area contributed by atoms with Crippen molar-refractivity contribution in [1.82, 2.24) is 19.5 Å². The molecule has 0 radical (unpaired) electrons. The zero-order chi connectivity index (χ0) is 23.7. The van der Waals surface area contributed by atoms with Crippen LogP contribution < -0.4 is 10.0 Å². The van der Waals surface area contributed by atoms with Crippen molar-refractivity contribution in [2.24, 2.45) is 13.0 Å². The van der Waals surface area contributed by atoms with Gasteiger partial charge in [-0.15, -0.1) is 0 Å². The first kappa shape index (κ1) is 24.0. The molecule has 1 amide bonds. The Balaban J connectivity index is 1.63. The number of anilines is 1. The average molecular weight is 490 g/mol. The highest BCUT2D eigenvalue weighted by molar-refractivity contribution is 7.96. The third-order valence-electron chi connectivity index (χ3n) is 6.23. The zero-order valence-electron chi connectivity index (χ0n) is 19.3. The van der Waals surface area contributed by atoms with E-state index in [1.54, 1.807) is 22.7 Å². The number of rotatable bonds is 6. The number of fused-ring (bicyclic) bond motifs is 1. The molecule has 1 aliphatic rings. The number of halogens is 2. The van der Waals surface area contributed by atoms with Gasteiger partial charge in [-0.25, -0.2) is 9.37 Å². The fourth-order valence-corrected chi connectivity index (χ4v) is 5.53. The number of benzene rings is 1. The van der Waals surface area contributed by atoms with Crippen LogP contribution >= 0.6 is 23.5 Å². The molecule has 0 aliphatic heterocycles. The number of aromatic nitrogens is 3. The fourth-order valence-electron chi connectivity index (χ4n) is 4.77. The van der Waals surface area contributed by atoms with E-state index in [4.69, 9.17) is 11.6 Å². The van der Waals surface area contributed by atoms with Crippen LogP contribution in [0, 0.1) is 11.7 Å². The Bertz CT molecular complexity index is 1180.